The molecule has 3 N–H and O–H groups in total. The first-order valence-corrected chi connectivity index (χ1v) is 7.13. The first-order chi connectivity index (χ1) is 10.4. The number of hydrogen-bond donors (Lipinski definition) is 2. The minimum atomic E-state index is -3.21. The van der Waals surface area contributed by atoms with Gasteiger partial charge in [0.2, 0.25) is 0 Å². The van der Waals surface area contributed by atoms with Crippen molar-refractivity contribution in [3.63, 3.8) is 0 Å². The van der Waals surface area contributed by atoms with Crippen molar-refractivity contribution >= 4 is 5.69 Å². The molecule has 0 radical (unpaired) electrons. The number of nitrogens with two attached hydrogens (primary N) is 1. The van der Waals surface area contributed by atoms with Crippen LogP contribution >= 0.6 is 0 Å². The number of alkyl halides is 2. The van der Waals surface area contributed by atoms with Crippen molar-refractivity contribution < 1.29 is 13.9 Å². The van der Waals surface area contributed by atoms with Crippen LogP contribution in [0.2, 0.25) is 0 Å². The Bertz CT molecular complexity index is 645. The van der Waals surface area contributed by atoms with E-state index in [0.29, 0.717) is 12.2 Å². The van der Waals surface area contributed by atoms with Gasteiger partial charge in [0.15, 0.2) is 5.60 Å². The van der Waals surface area contributed by atoms with Crippen LogP contribution in [-0.2, 0) is 12.1 Å². The summed E-state index contributed by atoms with van der Waals surface area (Å²) < 4.78 is 28.8. The number of halogens is 2. The van der Waals surface area contributed by atoms with E-state index in [1.807, 2.05) is 30.3 Å². The molecule has 3 rings (SSSR count). The van der Waals surface area contributed by atoms with Crippen molar-refractivity contribution in [1.82, 2.24) is 4.90 Å². The Morgan fingerprint density at radius 2 is 1.64 bits per heavy atom. The average molecular weight is 304 g/mol. The summed E-state index contributed by atoms with van der Waals surface area (Å²) in [5.74, 6) is -3.21. The monoisotopic (exact) mass is 304 g/mol. The number of nitrogen functional groups attached to an aromatic ring is 1. The molecule has 1 atom stereocenters. The quantitative estimate of drug-likeness (QED) is 0.857. The van der Waals surface area contributed by atoms with Crippen LogP contribution in [0, 0.1) is 0 Å². The van der Waals surface area contributed by atoms with Crippen molar-refractivity contribution in [3.05, 3.63) is 65.7 Å². The van der Waals surface area contributed by atoms with Gasteiger partial charge in [-0.3, -0.25) is 4.90 Å². The van der Waals surface area contributed by atoms with E-state index < -0.39 is 18.1 Å². The van der Waals surface area contributed by atoms with Gasteiger partial charge in [0.05, 0.1) is 6.54 Å². The molecule has 0 amide bonds. The highest BCUT2D eigenvalue weighted by Crippen LogP contribution is 2.44. The maximum atomic E-state index is 14.4. The van der Waals surface area contributed by atoms with Crippen molar-refractivity contribution in [2.24, 2.45) is 0 Å². The fourth-order valence-corrected chi connectivity index (χ4v) is 2.92. The Balaban J connectivity index is 1.84. The highest BCUT2D eigenvalue weighted by molar-refractivity contribution is 5.42. The predicted molar refractivity (Wildman–Crippen MR) is 81.4 cm³/mol. The number of nitrogens with zero attached hydrogens (tertiary/aromatic N) is 1. The summed E-state index contributed by atoms with van der Waals surface area (Å²) in [6.45, 7) is -0.199. The molecule has 5 heteroatoms. The fourth-order valence-electron chi connectivity index (χ4n) is 2.92. The van der Waals surface area contributed by atoms with Crippen LogP contribution in [-0.4, -0.2) is 29.0 Å². The number of rotatable bonds is 3. The molecule has 1 unspecified atom stereocenters. The Labute approximate surface area is 128 Å². The van der Waals surface area contributed by atoms with E-state index in [4.69, 9.17) is 5.73 Å². The van der Waals surface area contributed by atoms with Gasteiger partial charge in [0.25, 0.3) is 5.92 Å². The topological polar surface area (TPSA) is 49.5 Å². The molecule has 22 heavy (non-hydrogen) atoms. The van der Waals surface area contributed by atoms with Crippen LogP contribution in [0.15, 0.2) is 54.6 Å². The molecular weight excluding hydrogens is 286 g/mol. The number of likely N-dealkylation sites (tertiary alicyclic amines) is 1. The molecular formula is C17H18F2N2O. The Hall–Kier alpha value is -1.98. The molecule has 1 aliphatic rings. The number of aliphatic hydroxyl groups is 1. The van der Waals surface area contributed by atoms with Gasteiger partial charge in [-0.05, 0) is 23.3 Å². The zero-order valence-electron chi connectivity index (χ0n) is 12.0. The van der Waals surface area contributed by atoms with Gasteiger partial charge in [0.1, 0.15) is 0 Å². The second-order valence-electron chi connectivity index (χ2n) is 5.82. The summed E-state index contributed by atoms with van der Waals surface area (Å²) in [5, 5.41) is 10.6. The fraction of sp³-hybridized carbons (Fsp3) is 0.294. The normalized spacial score (nSPS) is 24.5. The summed E-state index contributed by atoms with van der Waals surface area (Å²) in [5.41, 5.74) is 5.02. The number of anilines is 1. The Morgan fingerprint density at radius 1 is 1.00 bits per heavy atom. The molecule has 2 aromatic carbocycles. The van der Waals surface area contributed by atoms with E-state index in [9.17, 15) is 13.9 Å². The molecule has 0 aliphatic carbocycles. The van der Waals surface area contributed by atoms with E-state index in [1.54, 1.807) is 4.90 Å². The number of benzene rings is 2. The van der Waals surface area contributed by atoms with Gasteiger partial charge in [-0.15, -0.1) is 0 Å². The van der Waals surface area contributed by atoms with Crippen LogP contribution in [0.1, 0.15) is 11.1 Å². The van der Waals surface area contributed by atoms with Crippen molar-refractivity contribution in [1.29, 1.82) is 0 Å². The first kappa shape index (κ1) is 14.9. The molecule has 3 nitrogen and oxygen atoms in total. The van der Waals surface area contributed by atoms with Gasteiger partial charge < -0.3 is 10.8 Å². The lowest BCUT2D eigenvalue weighted by Gasteiger charge is -2.29. The zero-order chi connectivity index (χ0) is 15.8. The molecule has 1 heterocycles. The summed E-state index contributed by atoms with van der Waals surface area (Å²) in [6.07, 6.45) is 0. The summed E-state index contributed by atoms with van der Waals surface area (Å²) in [4.78, 5) is 1.58. The van der Waals surface area contributed by atoms with Gasteiger partial charge in [-0.25, -0.2) is 8.78 Å². The van der Waals surface area contributed by atoms with Gasteiger partial charge in [-0.1, -0.05) is 42.5 Å². The van der Waals surface area contributed by atoms with Crippen LogP contribution < -0.4 is 5.73 Å². The molecule has 0 aromatic heterocycles. The molecule has 1 aliphatic heterocycles. The van der Waals surface area contributed by atoms with E-state index in [2.05, 4.69) is 0 Å². The van der Waals surface area contributed by atoms with Gasteiger partial charge in [-0.2, -0.15) is 0 Å². The molecule has 1 fully saturated rings. The van der Waals surface area contributed by atoms with E-state index in [-0.39, 0.29) is 12.1 Å². The minimum Gasteiger partial charge on any atom is -0.399 e. The van der Waals surface area contributed by atoms with Crippen molar-refractivity contribution in [2.75, 3.05) is 18.8 Å². The molecule has 0 saturated carbocycles. The summed E-state index contributed by atoms with van der Waals surface area (Å²) in [6, 6.07) is 15.4. The lowest BCUT2D eigenvalue weighted by molar-refractivity contribution is -0.151. The van der Waals surface area contributed by atoms with E-state index in [0.717, 1.165) is 5.56 Å². The molecule has 2 aromatic rings. The maximum absolute atomic E-state index is 14.4. The van der Waals surface area contributed by atoms with Gasteiger partial charge >= 0.3 is 0 Å². The van der Waals surface area contributed by atoms with Crippen molar-refractivity contribution in [2.45, 2.75) is 18.1 Å². The number of hydrogen-bond acceptors (Lipinski definition) is 3. The predicted octanol–water partition coefficient (Wildman–Crippen LogP) is 2.61. The third-order valence-corrected chi connectivity index (χ3v) is 4.12. The zero-order valence-corrected chi connectivity index (χ0v) is 12.0. The second-order valence-corrected chi connectivity index (χ2v) is 5.82. The summed E-state index contributed by atoms with van der Waals surface area (Å²) in [7, 11) is 0. The highest BCUT2D eigenvalue weighted by atomic mass is 19.3. The maximum Gasteiger partial charge on any atom is 0.293 e. The Morgan fingerprint density at radius 3 is 2.27 bits per heavy atom. The van der Waals surface area contributed by atoms with Crippen LogP contribution in [0.3, 0.4) is 0 Å². The molecule has 116 valence electrons. The third-order valence-electron chi connectivity index (χ3n) is 4.12. The third kappa shape index (κ3) is 2.58. The van der Waals surface area contributed by atoms with Crippen molar-refractivity contribution in [3.8, 4) is 0 Å². The highest BCUT2D eigenvalue weighted by Gasteiger charge is 2.60. The Kier molecular flexibility index (Phi) is 3.62. The molecule has 0 bridgehead atoms. The minimum absolute atomic E-state index is 0.112. The van der Waals surface area contributed by atoms with E-state index in [1.165, 1.54) is 24.3 Å². The van der Waals surface area contributed by atoms with Crippen LogP contribution in [0.5, 0.6) is 0 Å². The smallest absolute Gasteiger partial charge is 0.293 e. The lowest BCUT2D eigenvalue weighted by Crippen LogP contribution is -2.44. The second kappa shape index (κ2) is 5.34. The molecule has 0 spiro atoms. The van der Waals surface area contributed by atoms with Crippen LogP contribution in [0.4, 0.5) is 14.5 Å². The first-order valence-electron chi connectivity index (χ1n) is 7.13. The molecule has 1 saturated heterocycles. The average Bonchev–Trinajstić information content (AvgIpc) is 2.70. The van der Waals surface area contributed by atoms with E-state index >= 15 is 0 Å². The van der Waals surface area contributed by atoms with Crippen LogP contribution in [0.25, 0.3) is 0 Å². The van der Waals surface area contributed by atoms with Gasteiger partial charge in [0, 0.05) is 18.8 Å². The lowest BCUT2D eigenvalue weighted by atomic mass is 9.90. The number of β-amino-alcohol motifs (C(OH)–C–C–N with tert-alkyl or cyclic N) is 1. The summed E-state index contributed by atoms with van der Waals surface area (Å²) >= 11 is 0. The SMILES string of the molecule is Nc1ccc(C2(O)CN(Cc3ccccc3)CC2(F)F)cc1. The standard InChI is InChI=1S/C17H18F2N2O/c18-17(19)12-21(10-13-4-2-1-3-5-13)11-16(17,22)14-6-8-15(20)9-7-14/h1-9,22H,10-12,20H2. The largest absolute Gasteiger partial charge is 0.399 e.